The lowest BCUT2D eigenvalue weighted by Gasteiger charge is -2.36. The van der Waals surface area contributed by atoms with Crippen molar-refractivity contribution in [3.8, 4) is 5.69 Å². The number of morpholine rings is 1. The molecule has 1 aromatic carbocycles. The van der Waals surface area contributed by atoms with Crippen LogP contribution in [0.5, 0.6) is 0 Å². The van der Waals surface area contributed by atoms with E-state index in [-0.39, 0.29) is 24.5 Å². The summed E-state index contributed by atoms with van der Waals surface area (Å²) in [4.78, 5) is 18.9. The molecule has 0 radical (unpaired) electrons. The summed E-state index contributed by atoms with van der Waals surface area (Å²) in [5.41, 5.74) is 1.95. The highest BCUT2D eigenvalue weighted by Crippen LogP contribution is 2.21. The summed E-state index contributed by atoms with van der Waals surface area (Å²) in [5, 5.41) is 11.6. The van der Waals surface area contributed by atoms with Crippen LogP contribution in [0.15, 0.2) is 48.7 Å². The van der Waals surface area contributed by atoms with Gasteiger partial charge in [0.2, 0.25) is 0 Å². The van der Waals surface area contributed by atoms with E-state index in [1.54, 1.807) is 12.3 Å². The standard InChI is InChI=1S/C20H22N6O3/c1-14-11-25(12-15(2)29-14)17-8-9-21-18(10-17)20(27)28-13-19-22-23-24-26(19)16-6-4-3-5-7-16/h3-10,14-15H,11-13H2,1-2H3/t14-,15+. The van der Waals surface area contributed by atoms with Crippen LogP contribution in [0.1, 0.15) is 30.2 Å². The minimum absolute atomic E-state index is 0.0573. The molecule has 1 saturated heterocycles. The second kappa shape index (κ2) is 8.36. The maximum Gasteiger partial charge on any atom is 0.357 e. The third-order valence-corrected chi connectivity index (χ3v) is 4.60. The normalized spacial score (nSPS) is 19.2. The molecule has 150 valence electrons. The maximum absolute atomic E-state index is 12.5. The van der Waals surface area contributed by atoms with Gasteiger partial charge in [-0.2, -0.15) is 4.68 Å². The molecule has 0 N–H and O–H groups in total. The van der Waals surface area contributed by atoms with Crippen molar-refractivity contribution >= 4 is 11.7 Å². The Labute approximate surface area is 168 Å². The number of tetrazole rings is 1. The van der Waals surface area contributed by atoms with Gasteiger partial charge in [0.1, 0.15) is 5.69 Å². The summed E-state index contributed by atoms with van der Waals surface area (Å²) in [5.74, 6) is -0.0969. The number of ether oxygens (including phenoxy) is 2. The Morgan fingerprint density at radius 1 is 1.14 bits per heavy atom. The molecule has 1 aliphatic heterocycles. The van der Waals surface area contributed by atoms with E-state index in [1.165, 1.54) is 4.68 Å². The summed E-state index contributed by atoms with van der Waals surface area (Å²) >= 11 is 0. The van der Waals surface area contributed by atoms with Crippen molar-refractivity contribution in [1.82, 2.24) is 25.2 Å². The lowest BCUT2D eigenvalue weighted by molar-refractivity contribution is -0.00522. The Balaban J connectivity index is 1.44. The van der Waals surface area contributed by atoms with E-state index >= 15 is 0 Å². The summed E-state index contributed by atoms with van der Waals surface area (Å²) in [7, 11) is 0. The molecule has 3 aromatic rings. The lowest BCUT2D eigenvalue weighted by Crippen LogP contribution is -2.45. The van der Waals surface area contributed by atoms with Gasteiger partial charge < -0.3 is 14.4 Å². The van der Waals surface area contributed by atoms with Crippen molar-refractivity contribution in [3.63, 3.8) is 0 Å². The third-order valence-electron chi connectivity index (χ3n) is 4.60. The van der Waals surface area contributed by atoms with Crippen LogP contribution in [0.2, 0.25) is 0 Å². The molecule has 2 aromatic heterocycles. The molecule has 9 nitrogen and oxygen atoms in total. The van der Waals surface area contributed by atoms with Crippen molar-refractivity contribution in [2.75, 3.05) is 18.0 Å². The van der Waals surface area contributed by atoms with Gasteiger partial charge >= 0.3 is 5.97 Å². The lowest BCUT2D eigenvalue weighted by atomic mass is 10.2. The number of esters is 1. The van der Waals surface area contributed by atoms with E-state index in [4.69, 9.17) is 9.47 Å². The predicted molar refractivity (Wildman–Crippen MR) is 105 cm³/mol. The first kappa shape index (κ1) is 19.0. The molecule has 0 saturated carbocycles. The zero-order chi connectivity index (χ0) is 20.2. The molecular weight excluding hydrogens is 372 g/mol. The minimum Gasteiger partial charge on any atom is -0.453 e. The van der Waals surface area contributed by atoms with Gasteiger partial charge in [-0.05, 0) is 48.5 Å². The van der Waals surface area contributed by atoms with Gasteiger partial charge in [0.25, 0.3) is 0 Å². The Morgan fingerprint density at radius 3 is 2.66 bits per heavy atom. The van der Waals surface area contributed by atoms with Crippen molar-refractivity contribution in [2.45, 2.75) is 32.7 Å². The van der Waals surface area contributed by atoms with Gasteiger partial charge in [-0.1, -0.05) is 18.2 Å². The fraction of sp³-hybridized carbons (Fsp3) is 0.350. The number of aromatic nitrogens is 5. The van der Waals surface area contributed by atoms with Crippen LogP contribution in [-0.2, 0) is 16.1 Å². The van der Waals surface area contributed by atoms with Crippen LogP contribution in [0.3, 0.4) is 0 Å². The van der Waals surface area contributed by atoms with Crippen LogP contribution in [0, 0.1) is 0 Å². The quantitative estimate of drug-likeness (QED) is 0.607. The first-order valence-corrected chi connectivity index (χ1v) is 9.46. The average Bonchev–Trinajstić information content (AvgIpc) is 3.21. The Bertz CT molecular complexity index is 967. The van der Waals surface area contributed by atoms with Crippen LogP contribution in [0.25, 0.3) is 5.69 Å². The number of carbonyl (C=O) groups excluding carboxylic acids is 1. The second-order valence-corrected chi connectivity index (χ2v) is 6.98. The Morgan fingerprint density at radius 2 is 1.90 bits per heavy atom. The molecule has 2 atom stereocenters. The van der Waals surface area contributed by atoms with Crippen LogP contribution in [-0.4, -0.2) is 56.5 Å². The van der Waals surface area contributed by atoms with Crippen LogP contribution >= 0.6 is 0 Å². The number of pyridine rings is 1. The number of anilines is 1. The highest BCUT2D eigenvalue weighted by Gasteiger charge is 2.23. The number of hydrogen-bond donors (Lipinski definition) is 0. The van der Waals surface area contributed by atoms with E-state index in [1.807, 2.05) is 50.2 Å². The predicted octanol–water partition coefficient (Wildman–Crippen LogP) is 2.03. The Hall–Kier alpha value is -3.33. The third kappa shape index (κ3) is 4.40. The molecule has 4 rings (SSSR count). The van der Waals surface area contributed by atoms with Gasteiger partial charge in [0.15, 0.2) is 12.4 Å². The number of rotatable bonds is 5. The fourth-order valence-electron chi connectivity index (χ4n) is 3.39. The summed E-state index contributed by atoms with van der Waals surface area (Å²) < 4.78 is 12.7. The second-order valence-electron chi connectivity index (χ2n) is 6.98. The van der Waals surface area contributed by atoms with Gasteiger partial charge in [0, 0.05) is 25.0 Å². The van der Waals surface area contributed by atoms with Crippen molar-refractivity contribution in [3.05, 3.63) is 60.2 Å². The van der Waals surface area contributed by atoms with Gasteiger partial charge in [-0.15, -0.1) is 5.10 Å². The summed E-state index contributed by atoms with van der Waals surface area (Å²) in [6.45, 7) is 5.54. The molecule has 0 unspecified atom stereocenters. The number of para-hydroxylation sites is 1. The SMILES string of the molecule is C[C@@H]1CN(c2ccnc(C(=O)OCc3nnnn3-c3ccccc3)c2)C[C@H](C)O1. The number of nitrogens with zero attached hydrogens (tertiary/aromatic N) is 6. The van der Waals surface area contributed by atoms with E-state index < -0.39 is 5.97 Å². The smallest absolute Gasteiger partial charge is 0.357 e. The first-order chi connectivity index (χ1) is 14.1. The molecule has 1 aliphatic rings. The maximum atomic E-state index is 12.5. The van der Waals surface area contributed by atoms with Crippen molar-refractivity contribution < 1.29 is 14.3 Å². The number of carbonyl (C=O) groups is 1. The van der Waals surface area contributed by atoms with Gasteiger partial charge in [-0.25, -0.2) is 9.78 Å². The molecule has 1 fully saturated rings. The highest BCUT2D eigenvalue weighted by molar-refractivity contribution is 5.88. The molecule has 0 spiro atoms. The fourth-order valence-corrected chi connectivity index (χ4v) is 3.39. The van der Waals surface area contributed by atoms with Gasteiger partial charge in [0.05, 0.1) is 17.9 Å². The van der Waals surface area contributed by atoms with E-state index in [0.717, 1.165) is 24.5 Å². The zero-order valence-electron chi connectivity index (χ0n) is 16.3. The van der Waals surface area contributed by atoms with E-state index in [9.17, 15) is 4.79 Å². The topological polar surface area (TPSA) is 95.3 Å². The minimum atomic E-state index is -0.524. The molecule has 9 heteroatoms. The molecule has 0 bridgehead atoms. The Kier molecular flexibility index (Phi) is 5.48. The van der Waals surface area contributed by atoms with Crippen LogP contribution < -0.4 is 4.90 Å². The van der Waals surface area contributed by atoms with Gasteiger partial charge in [-0.3, -0.25) is 0 Å². The zero-order valence-corrected chi connectivity index (χ0v) is 16.3. The molecule has 3 heterocycles. The van der Waals surface area contributed by atoms with Crippen molar-refractivity contribution in [2.24, 2.45) is 0 Å². The van der Waals surface area contributed by atoms with Crippen LogP contribution in [0.4, 0.5) is 5.69 Å². The molecule has 0 aliphatic carbocycles. The summed E-state index contributed by atoms with van der Waals surface area (Å²) in [6, 6.07) is 13.0. The largest absolute Gasteiger partial charge is 0.453 e. The number of benzene rings is 1. The van der Waals surface area contributed by atoms with Crippen molar-refractivity contribution in [1.29, 1.82) is 0 Å². The molecule has 0 amide bonds. The van der Waals surface area contributed by atoms with E-state index in [2.05, 4.69) is 25.4 Å². The molecular formula is C20H22N6O3. The average molecular weight is 394 g/mol. The monoisotopic (exact) mass is 394 g/mol. The highest BCUT2D eigenvalue weighted by atomic mass is 16.5. The summed E-state index contributed by atoms with van der Waals surface area (Å²) in [6.07, 6.45) is 1.86. The first-order valence-electron chi connectivity index (χ1n) is 9.46. The number of hydrogen-bond acceptors (Lipinski definition) is 8. The molecule has 29 heavy (non-hydrogen) atoms. The van der Waals surface area contributed by atoms with E-state index in [0.29, 0.717) is 5.82 Å².